The number of hydrogen-bond acceptors (Lipinski definition) is 3. The van der Waals surface area contributed by atoms with Crippen LogP contribution in [0, 0.1) is 0 Å². The third-order valence-electron chi connectivity index (χ3n) is 1.04. The molecule has 0 aromatic carbocycles. The third kappa shape index (κ3) is 6.15. The summed E-state index contributed by atoms with van der Waals surface area (Å²) in [6.07, 6.45) is -15.1. The highest BCUT2D eigenvalue weighted by Crippen LogP contribution is 2.30. The number of rotatable bonds is 3. The Hall–Kier alpha value is -0.990. The normalized spacial score (nSPS) is 14.9. The van der Waals surface area contributed by atoms with Crippen molar-refractivity contribution in [3.8, 4) is 0 Å². The van der Waals surface area contributed by atoms with E-state index in [0.29, 0.717) is 0 Å². The lowest BCUT2D eigenvalue weighted by molar-refractivity contribution is -0.419. The van der Waals surface area contributed by atoms with Crippen LogP contribution in [0.15, 0.2) is 0 Å². The fourth-order valence-electron chi connectivity index (χ4n) is 0.482. The van der Waals surface area contributed by atoms with E-state index in [1.54, 1.807) is 0 Å². The highest BCUT2D eigenvalue weighted by molar-refractivity contribution is 5.69. The Morgan fingerprint density at radius 1 is 1.20 bits per heavy atom. The van der Waals surface area contributed by atoms with Gasteiger partial charge in [-0.2, -0.15) is 13.2 Å². The van der Waals surface area contributed by atoms with Crippen LogP contribution < -0.4 is 0 Å². The second-order valence-electron chi connectivity index (χ2n) is 2.28. The van der Waals surface area contributed by atoms with E-state index < -0.39 is 31.2 Å². The monoisotopic (exact) mass is 240 g/mol. The van der Waals surface area contributed by atoms with Crippen molar-refractivity contribution in [2.45, 2.75) is 32.2 Å². The van der Waals surface area contributed by atoms with Gasteiger partial charge in [0.1, 0.15) is 0 Å². The molecule has 3 nitrogen and oxygen atoms in total. The lowest BCUT2D eigenvalue weighted by atomic mass is 10.5. The summed E-state index contributed by atoms with van der Waals surface area (Å²) >= 11 is 0. The maximum atomic E-state index is 11.8. The molecule has 0 spiro atoms. The summed E-state index contributed by atoms with van der Waals surface area (Å²) in [6.45, 7) is 1.13. The van der Waals surface area contributed by atoms with E-state index in [1.807, 2.05) is 0 Å². The van der Waals surface area contributed by atoms with Crippen molar-refractivity contribution in [2.24, 2.45) is 0 Å². The molecule has 0 bridgehead atoms. The molecule has 0 saturated heterocycles. The highest BCUT2D eigenvalue weighted by Gasteiger charge is 2.50. The van der Waals surface area contributed by atoms with Crippen molar-refractivity contribution in [1.29, 1.82) is 0 Å². The van der Waals surface area contributed by atoms with Gasteiger partial charge in [0.05, 0.1) is 0 Å². The van der Waals surface area contributed by atoms with Crippen LogP contribution in [0.1, 0.15) is 13.3 Å². The van der Waals surface area contributed by atoms with E-state index in [-0.39, 0.29) is 0 Å². The van der Waals surface area contributed by atoms with E-state index in [2.05, 4.69) is 9.47 Å². The zero-order chi connectivity index (χ0) is 12.3. The summed E-state index contributed by atoms with van der Waals surface area (Å²) in [5.41, 5.74) is 0. The molecule has 0 fully saturated rings. The lowest BCUT2D eigenvalue weighted by Crippen LogP contribution is -2.40. The maximum absolute atomic E-state index is 11.8. The van der Waals surface area contributed by atoms with Gasteiger partial charge in [-0.15, -0.1) is 13.2 Å². The van der Waals surface area contributed by atoms with Crippen molar-refractivity contribution in [2.75, 3.05) is 0 Å². The van der Waals surface area contributed by atoms with Crippen LogP contribution in [0.25, 0.3) is 0 Å². The van der Waals surface area contributed by atoms with Crippen LogP contribution in [0.4, 0.5) is 26.3 Å². The molecule has 0 N–H and O–H groups in total. The van der Waals surface area contributed by atoms with Crippen molar-refractivity contribution in [3.63, 3.8) is 0 Å². The molecule has 0 aromatic heterocycles. The molecule has 9 heteroatoms. The molecule has 0 rings (SSSR count). The first kappa shape index (κ1) is 14.0. The molecule has 0 aliphatic heterocycles. The number of esters is 1. The first-order chi connectivity index (χ1) is 6.56. The number of hydrogen-bond donors (Lipinski definition) is 0. The SMILES string of the molecule is CCC(=O)OC(OC(F)(F)F)C(F)(F)F. The molecule has 0 aliphatic rings. The lowest BCUT2D eigenvalue weighted by Gasteiger charge is -2.21. The van der Waals surface area contributed by atoms with Crippen molar-refractivity contribution in [3.05, 3.63) is 0 Å². The van der Waals surface area contributed by atoms with Crippen LogP contribution in [0.2, 0.25) is 0 Å². The van der Waals surface area contributed by atoms with Gasteiger partial charge in [0.2, 0.25) is 0 Å². The average molecular weight is 240 g/mol. The van der Waals surface area contributed by atoms with Crippen LogP contribution in [0.5, 0.6) is 0 Å². The second kappa shape index (κ2) is 4.69. The van der Waals surface area contributed by atoms with Crippen LogP contribution >= 0.6 is 0 Å². The first-order valence-corrected chi connectivity index (χ1v) is 3.57. The standard InChI is InChI=1S/C6H6F6O3/c1-2-3(13)14-4(5(7,8)9)15-6(10,11)12/h4H,2H2,1H3. The summed E-state index contributed by atoms with van der Waals surface area (Å²) in [5.74, 6) is -1.44. The summed E-state index contributed by atoms with van der Waals surface area (Å²) in [4.78, 5) is 10.4. The summed E-state index contributed by atoms with van der Waals surface area (Å²) < 4.78 is 76.0. The van der Waals surface area contributed by atoms with E-state index in [1.165, 1.54) is 0 Å². The molecule has 1 unspecified atom stereocenters. The summed E-state index contributed by atoms with van der Waals surface area (Å²) in [6, 6.07) is 0. The smallest absolute Gasteiger partial charge is 0.425 e. The first-order valence-electron chi connectivity index (χ1n) is 3.57. The number of ether oxygens (including phenoxy) is 2. The van der Waals surface area contributed by atoms with E-state index in [0.717, 1.165) is 6.92 Å². The Morgan fingerprint density at radius 3 is 1.93 bits per heavy atom. The maximum Gasteiger partial charge on any atom is 0.525 e. The fourth-order valence-corrected chi connectivity index (χ4v) is 0.482. The van der Waals surface area contributed by atoms with E-state index in [9.17, 15) is 31.1 Å². The number of carbonyl (C=O) groups is 1. The third-order valence-corrected chi connectivity index (χ3v) is 1.04. The predicted octanol–water partition coefficient (Wildman–Crippen LogP) is 2.36. The second-order valence-corrected chi connectivity index (χ2v) is 2.28. The van der Waals surface area contributed by atoms with Gasteiger partial charge in [-0.3, -0.25) is 4.79 Å². The van der Waals surface area contributed by atoms with Gasteiger partial charge in [-0.05, 0) is 0 Å². The molecule has 0 amide bonds. The molecule has 0 aliphatic carbocycles. The zero-order valence-corrected chi connectivity index (χ0v) is 7.28. The van der Waals surface area contributed by atoms with Crippen molar-refractivity contribution in [1.82, 2.24) is 0 Å². The van der Waals surface area contributed by atoms with Gasteiger partial charge in [-0.1, -0.05) is 6.92 Å². The number of halogens is 6. The Morgan fingerprint density at radius 2 is 1.67 bits per heavy atom. The quantitative estimate of drug-likeness (QED) is 0.431. The molecule has 0 saturated carbocycles. The molecule has 1 atom stereocenters. The fraction of sp³-hybridized carbons (Fsp3) is 0.833. The van der Waals surface area contributed by atoms with Gasteiger partial charge in [0.25, 0.3) is 0 Å². The molecule has 0 aromatic rings. The molecule has 0 radical (unpaired) electrons. The van der Waals surface area contributed by atoms with Gasteiger partial charge in [-0.25, -0.2) is 4.74 Å². The Balaban J connectivity index is 4.54. The van der Waals surface area contributed by atoms with Crippen LogP contribution in [-0.2, 0) is 14.3 Å². The molecule has 90 valence electrons. The van der Waals surface area contributed by atoms with Crippen molar-refractivity contribution >= 4 is 5.97 Å². The summed E-state index contributed by atoms with van der Waals surface area (Å²) in [7, 11) is 0. The molecule has 0 heterocycles. The van der Waals surface area contributed by atoms with Crippen LogP contribution in [-0.4, -0.2) is 24.8 Å². The minimum Gasteiger partial charge on any atom is -0.425 e. The zero-order valence-electron chi connectivity index (χ0n) is 7.28. The molecular formula is C6H6F6O3. The molecular weight excluding hydrogens is 234 g/mol. The van der Waals surface area contributed by atoms with Crippen LogP contribution in [0.3, 0.4) is 0 Å². The topological polar surface area (TPSA) is 35.5 Å². The predicted molar refractivity (Wildman–Crippen MR) is 33.4 cm³/mol. The minimum atomic E-state index is -5.53. The van der Waals surface area contributed by atoms with Gasteiger partial charge >= 0.3 is 24.8 Å². The molecule has 15 heavy (non-hydrogen) atoms. The number of carbonyl (C=O) groups excluding carboxylic acids is 1. The Kier molecular flexibility index (Phi) is 4.38. The van der Waals surface area contributed by atoms with Gasteiger partial charge in [0.15, 0.2) is 0 Å². The van der Waals surface area contributed by atoms with Crippen molar-refractivity contribution < 1.29 is 40.6 Å². The largest absolute Gasteiger partial charge is 0.525 e. The Bertz CT molecular complexity index is 220. The average Bonchev–Trinajstić information content (AvgIpc) is 1.98. The number of alkyl halides is 6. The van der Waals surface area contributed by atoms with E-state index >= 15 is 0 Å². The summed E-state index contributed by atoms with van der Waals surface area (Å²) in [5, 5.41) is 0. The Labute approximate surface area is 79.9 Å². The van der Waals surface area contributed by atoms with E-state index in [4.69, 9.17) is 0 Å². The minimum absolute atomic E-state index is 0.492. The van der Waals surface area contributed by atoms with Gasteiger partial charge < -0.3 is 4.74 Å². The van der Waals surface area contributed by atoms with Gasteiger partial charge in [0, 0.05) is 6.42 Å². The highest BCUT2D eigenvalue weighted by atomic mass is 19.4.